The van der Waals surface area contributed by atoms with Crippen molar-refractivity contribution >= 4 is 27.6 Å². The number of thiophene rings is 1. The molecule has 86 valence electrons. The van der Waals surface area contributed by atoms with Crippen molar-refractivity contribution in [3.63, 3.8) is 0 Å². The lowest BCUT2D eigenvalue weighted by molar-refractivity contribution is 0.620. The van der Waals surface area contributed by atoms with Crippen LogP contribution in [0.3, 0.4) is 0 Å². The first-order chi connectivity index (χ1) is 8.28. The maximum Gasteiger partial charge on any atom is 0.231 e. The highest BCUT2D eigenvalue weighted by atomic mass is 32.1. The number of nitrogens with zero attached hydrogens (tertiary/aromatic N) is 2. The van der Waals surface area contributed by atoms with Crippen molar-refractivity contribution in [1.29, 1.82) is 0 Å². The van der Waals surface area contributed by atoms with Crippen LogP contribution in [0, 0.1) is 0 Å². The molecule has 0 saturated heterocycles. The molecule has 0 unspecified atom stereocenters. The van der Waals surface area contributed by atoms with E-state index in [4.69, 9.17) is 10.2 Å². The van der Waals surface area contributed by atoms with E-state index in [1.54, 1.807) is 17.5 Å². The topological polar surface area (TPSA) is 64.9 Å². The summed E-state index contributed by atoms with van der Waals surface area (Å²) in [5, 5.41) is 0.744. The summed E-state index contributed by atoms with van der Waals surface area (Å²) >= 11 is 1.58. The van der Waals surface area contributed by atoms with Gasteiger partial charge >= 0.3 is 0 Å². The van der Waals surface area contributed by atoms with Crippen molar-refractivity contribution in [2.24, 2.45) is 0 Å². The van der Waals surface area contributed by atoms with Crippen LogP contribution >= 0.6 is 11.3 Å². The zero-order chi connectivity index (χ0) is 11.8. The molecule has 0 spiro atoms. The molecule has 0 bridgehead atoms. The van der Waals surface area contributed by atoms with Crippen LogP contribution < -0.4 is 5.73 Å². The van der Waals surface area contributed by atoms with Crippen LogP contribution in [-0.2, 0) is 6.42 Å². The van der Waals surface area contributed by atoms with Crippen LogP contribution in [0.15, 0.2) is 28.8 Å². The lowest BCUT2D eigenvalue weighted by atomic mass is 10.2. The van der Waals surface area contributed by atoms with E-state index in [0.29, 0.717) is 17.1 Å². The molecule has 3 rings (SSSR count). The predicted molar refractivity (Wildman–Crippen MR) is 68.9 cm³/mol. The van der Waals surface area contributed by atoms with E-state index in [2.05, 4.69) is 16.9 Å². The third-order valence-corrected chi connectivity index (χ3v) is 3.66. The fourth-order valence-corrected chi connectivity index (χ4v) is 2.54. The zero-order valence-electron chi connectivity index (χ0n) is 9.30. The second-order valence-corrected chi connectivity index (χ2v) is 4.86. The van der Waals surface area contributed by atoms with E-state index >= 15 is 0 Å². The molecule has 0 saturated carbocycles. The molecule has 5 heteroatoms. The Kier molecular flexibility index (Phi) is 2.33. The van der Waals surface area contributed by atoms with E-state index < -0.39 is 0 Å². The van der Waals surface area contributed by atoms with Gasteiger partial charge in [0.15, 0.2) is 11.2 Å². The minimum Gasteiger partial charge on any atom is -0.434 e. The summed E-state index contributed by atoms with van der Waals surface area (Å²) in [6.45, 7) is 2.10. The Bertz CT molecular complexity index is 638. The minimum absolute atomic E-state index is 0.548. The minimum atomic E-state index is 0.548. The number of nitrogens with two attached hydrogens (primary N) is 1. The number of anilines is 1. The van der Waals surface area contributed by atoms with Gasteiger partial charge in [0, 0.05) is 11.1 Å². The molecule has 0 aliphatic carbocycles. The Morgan fingerprint density at radius 1 is 1.47 bits per heavy atom. The SMILES string of the molecule is CCc1cc(-c2nc3ncccc3o2)c(N)s1. The monoisotopic (exact) mass is 245 g/mol. The molecule has 3 heterocycles. The molecular formula is C12H11N3OS. The second kappa shape index (κ2) is 3.85. The molecule has 0 amide bonds. The number of rotatable bonds is 2. The van der Waals surface area contributed by atoms with Gasteiger partial charge in [-0.1, -0.05) is 6.92 Å². The Morgan fingerprint density at radius 2 is 2.35 bits per heavy atom. The molecular weight excluding hydrogens is 234 g/mol. The maximum atomic E-state index is 5.97. The van der Waals surface area contributed by atoms with Gasteiger partial charge in [-0.2, -0.15) is 4.98 Å². The van der Waals surface area contributed by atoms with Crippen LogP contribution in [0.4, 0.5) is 5.00 Å². The number of aromatic nitrogens is 2. The van der Waals surface area contributed by atoms with Crippen molar-refractivity contribution in [3.05, 3.63) is 29.3 Å². The highest BCUT2D eigenvalue weighted by molar-refractivity contribution is 7.16. The highest BCUT2D eigenvalue weighted by Gasteiger charge is 2.14. The average Bonchev–Trinajstić information content (AvgIpc) is 2.91. The van der Waals surface area contributed by atoms with Gasteiger partial charge in [-0.05, 0) is 24.6 Å². The van der Waals surface area contributed by atoms with E-state index in [1.807, 2.05) is 18.2 Å². The fourth-order valence-electron chi connectivity index (χ4n) is 1.68. The third-order valence-electron chi connectivity index (χ3n) is 2.56. The summed E-state index contributed by atoms with van der Waals surface area (Å²) < 4.78 is 5.65. The van der Waals surface area contributed by atoms with Gasteiger partial charge in [-0.25, -0.2) is 4.98 Å². The Balaban J connectivity index is 2.16. The van der Waals surface area contributed by atoms with E-state index in [1.165, 1.54) is 4.88 Å². The summed E-state index contributed by atoms with van der Waals surface area (Å²) in [7, 11) is 0. The normalized spacial score (nSPS) is 11.1. The number of nitrogen functional groups attached to an aromatic ring is 1. The summed E-state index contributed by atoms with van der Waals surface area (Å²) in [6, 6.07) is 5.71. The first-order valence-corrected chi connectivity index (χ1v) is 6.19. The van der Waals surface area contributed by atoms with Crippen molar-refractivity contribution in [1.82, 2.24) is 9.97 Å². The van der Waals surface area contributed by atoms with E-state index in [9.17, 15) is 0 Å². The van der Waals surface area contributed by atoms with Crippen LogP contribution in [0.25, 0.3) is 22.7 Å². The van der Waals surface area contributed by atoms with Gasteiger partial charge in [0.1, 0.15) is 0 Å². The number of hydrogen-bond donors (Lipinski definition) is 1. The van der Waals surface area contributed by atoms with Crippen molar-refractivity contribution in [2.45, 2.75) is 13.3 Å². The standard InChI is InChI=1S/C12H11N3OS/c1-2-7-6-8(10(13)17-7)12-15-11-9(16-12)4-3-5-14-11/h3-6H,2,13H2,1H3. The zero-order valence-corrected chi connectivity index (χ0v) is 10.1. The maximum absolute atomic E-state index is 5.97. The van der Waals surface area contributed by atoms with Crippen LogP contribution in [0.5, 0.6) is 0 Å². The van der Waals surface area contributed by atoms with Crippen LogP contribution in [0.1, 0.15) is 11.8 Å². The smallest absolute Gasteiger partial charge is 0.231 e. The number of hydrogen-bond acceptors (Lipinski definition) is 5. The molecule has 0 aromatic carbocycles. The molecule has 0 aliphatic heterocycles. The molecule has 17 heavy (non-hydrogen) atoms. The van der Waals surface area contributed by atoms with Gasteiger partial charge < -0.3 is 10.2 Å². The molecule has 0 aliphatic rings. The van der Waals surface area contributed by atoms with Gasteiger partial charge in [0.05, 0.1) is 10.6 Å². The molecule has 2 N–H and O–H groups in total. The molecule has 0 radical (unpaired) electrons. The highest BCUT2D eigenvalue weighted by Crippen LogP contribution is 2.34. The molecule has 3 aromatic rings. The number of aryl methyl sites for hydroxylation is 1. The Hall–Kier alpha value is -1.88. The average molecular weight is 245 g/mol. The first-order valence-electron chi connectivity index (χ1n) is 5.38. The van der Waals surface area contributed by atoms with Crippen molar-refractivity contribution in [2.75, 3.05) is 5.73 Å². The summed E-state index contributed by atoms with van der Waals surface area (Å²) in [6.07, 6.45) is 2.66. The lowest BCUT2D eigenvalue weighted by Crippen LogP contribution is -1.83. The molecule has 3 aromatic heterocycles. The van der Waals surface area contributed by atoms with Gasteiger partial charge in [0.2, 0.25) is 5.89 Å². The second-order valence-electron chi connectivity index (χ2n) is 3.69. The molecule has 0 fully saturated rings. The van der Waals surface area contributed by atoms with E-state index in [-0.39, 0.29) is 0 Å². The first kappa shape index (κ1) is 10.3. The molecule has 4 nitrogen and oxygen atoms in total. The predicted octanol–water partition coefficient (Wildman–Crippen LogP) is 3.10. The van der Waals surface area contributed by atoms with E-state index in [0.717, 1.165) is 17.0 Å². The fraction of sp³-hybridized carbons (Fsp3) is 0.167. The summed E-state index contributed by atoms with van der Waals surface area (Å²) in [5.41, 5.74) is 8.14. The lowest BCUT2D eigenvalue weighted by Gasteiger charge is -1.90. The van der Waals surface area contributed by atoms with Crippen LogP contribution in [0.2, 0.25) is 0 Å². The Labute approximate surface area is 102 Å². The molecule has 0 atom stereocenters. The summed E-state index contributed by atoms with van der Waals surface area (Å²) in [4.78, 5) is 9.71. The largest absolute Gasteiger partial charge is 0.434 e. The van der Waals surface area contributed by atoms with Crippen molar-refractivity contribution < 1.29 is 4.42 Å². The summed E-state index contributed by atoms with van der Waals surface area (Å²) in [5.74, 6) is 0.548. The third kappa shape index (κ3) is 1.68. The number of oxazole rings is 1. The van der Waals surface area contributed by atoms with Crippen LogP contribution in [-0.4, -0.2) is 9.97 Å². The number of pyridine rings is 1. The Morgan fingerprint density at radius 3 is 3.06 bits per heavy atom. The van der Waals surface area contributed by atoms with Crippen molar-refractivity contribution in [3.8, 4) is 11.5 Å². The van der Waals surface area contributed by atoms with Gasteiger partial charge in [0.25, 0.3) is 0 Å². The number of fused-ring (bicyclic) bond motifs is 1. The van der Waals surface area contributed by atoms with Gasteiger partial charge in [-0.3, -0.25) is 0 Å². The van der Waals surface area contributed by atoms with Gasteiger partial charge in [-0.15, -0.1) is 11.3 Å². The quantitative estimate of drug-likeness (QED) is 0.753.